The smallest absolute Gasteiger partial charge is 0.268 e. The van der Waals surface area contributed by atoms with Gasteiger partial charge in [-0.3, -0.25) is 9.36 Å². The average Bonchev–Trinajstić information content (AvgIpc) is 3.12. The first-order valence-electron chi connectivity index (χ1n) is 22.4. The van der Waals surface area contributed by atoms with Crippen molar-refractivity contribution >= 4 is 13.7 Å². The van der Waals surface area contributed by atoms with Gasteiger partial charge in [-0.15, -0.1) is 0 Å². The Hall–Kier alpha value is -1.28. The molecule has 0 fully saturated rings. The maximum Gasteiger partial charge on any atom is 0.268 e. The first kappa shape index (κ1) is 52.7. The first-order valence-corrected chi connectivity index (χ1v) is 23.8. The summed E-state index contributed by atoms with van der Waals surface area (Å²) in [6, 6.07) is -0.904. The molecule has 0 saturated carbocycles. The van der Waals surface area contributed by atoms with Crippen LogP contribution in [0.25, 0.3) is 0 Å². The van der Waals surface area contributed by atoms with E-state index in [1.807, 2.05) is 27.2 Å². The van der Waals surface area contributed by atoms with Gasteiger partial charge in [-0.05, 0) is 44.9 Å². The van der Waals surface area contributed by atoms with Crippen molar-refractivity contribution in [3.05, 3.63) is 36.5 Å². The van der Waals surface area contributed by atoms with Crippen molar-refractivity contribution in [2.24, 2.45) is 0 Å². The van der Waals surface area contributed by atoms with Crippen LogP contribution in [0.5, 0.6) is 0 Å². The van der Waals surface area contributed by atoms with E-state index in [2.05, 4.69) is 43.5 Å². The summed E-state index contributed by atoms with van der Waals surface area (Å²) < 4.78 is 23.1. The van der Waals surface area contributed by atoms with Gasteiger partial charge in [-0.2, -0.15) is 0 Å². The largest absolute Gasteiger partial charge is 0.756 e. The number of carbonyl (C=O) groups is 1. The highest BCUT2D eigenvalue weighted by molar-refractivity contribution is 7.45. The molecule has 0 spiro atoms. The summed E-state index contributed by atoms with van der Waals surface area (Å²) in [4.78, 5) is 25.2. The molecule has 0 heterocycles. The molecular formula is C45H87N2O6P. The Balaban J connectivity index is 4.45. The third kappa shape index (κ3) is 39.0. The summed E-state index contributed by atoms with van der Waals surface area (Å²) >= 11 is 0. The number of phosphoric acid groups is 1. The van der Waals surface area contributed by atoms with Crippen LogP contribution in [0.2, 0.25) is 0 Å². The molecule has 9 heteroatoms. The monoisotopic (exact) mass is 783 g/mol. The van der Waals surface area contributed by atoms with Gasteiger partial charge in [0.1, 0.15) is 13.2 Å². The summed E-state index contributed by atoms with van der Waals surface area (Å²) in [5.41, 5.74) is 0. The van der Waals surface area contributed by atoms with Crippen molar-refractivity contribution in [3.63, 3.8) is 0 Å². The van der Waals surface area contributed by atoms with Crippen LogP contribution in [0.15, 0.2) is 36.5 Å². The highest BCUT2D eigenvalue weighted by Gasteiger charge is 2.23. The molecule has 0 bridgehead atoms. The van der Waals surface area contributed by atoms with Gasteiger partial charge in [0.2, 0.25) is 5.91 Å². The number of aliphatic hydroxyl groups excluding tert-OH is 1. The zero-order chi connectivity index (χ0) is 40.0. The SMILES string of the molecule is CCCCCCCCCCCCC/C=C/CC/C=C/CC/C=C/C(O)C(COP(=O)([O-])OCC[N+](C)(C)C)NC(=O)CCCCCCCCCCCCC. The van der Waals surface area contributed by atoms with Crippen LogP contribution in [-0.2, 0) is 18.4 Å². The predicted molar refractivity (Wildman–Crippen MR) is 228 cm³/mol. The number of aliphatic hydroxyl groups is 1. The molecule has 0 aromatic carbocycles. The van der Waals surface area contributed by atoms with Crippen LogP contribution in [-0.4, -0.2) is 68.5 Å². The van der Waals surface area contributed by atoms with Gasteiger partial charge in [0.15, 0.2) is 0 Å². The Morgan fingerprint density at radius 1 is 0.630 bits per heavy atom. The molecule has 0 rings (SSSR count). The number of carbonyl (C=O) groups excluding carboxylic acids is 1. The van der Waals surface area contributed by atoms with Crippen molar-refractivity contribution in [2.45, 2.75) is 206 Å². The molecule has 0 saturated heterocycles. The first-order chi connectivity index (χ1) is 26.0. The lowest BCUT2D eigenvalue weighted by Gasteiger charge is -2.29. The number of nitrogens with one attached hydrogen (secondary N) is 1. The molecular weight excluding hydrogens is 695 g/mol. The minimum atomic E-state index is -4.59. The van der Waals surface area contributed by atoms with E-state index in [4.69, 9.17) is 9.05 Å². The van der Waals surface area contributed by atoms with E-state index in [9.17, 15) is 19.4 Å². The molecule has 0 aliphatic carbocycles. The molecule has 3 unspecified atom stereocenters. The maximum atomic E-state index is 12.8. The number of rotatable bonds is 40. The Kier molecular flexibility index (Phi) is 36.4. The van der Waals surface area contributed by atoms with Gasteiger partial charge in [0.25, 0.3) is 7.82 Å². The fourth-order valence-corrected chi connectivity index (χ4v) is 6.97. The summed E-state index contributed by atoms with van der Waals surface area (Å²) in [6.07, 6.45) is 44.8. The fraction of sp³-hybridized carbons (Fsp3) is 0.844. The van der Waals surface area contributed by atoms with E-state index < -0.39 is 26.6 Å². The highest BCUT2D eigenvalue weighted by Crippen LogP contribution is 2.38. The quantitative estimate of drug-likeness (QED) is 0.0277. The Bertz CT molecular complexity index is 980. The van der Waals surface area contributed by atoms with E-state index in [1.165, 1.54) is 128 Å². The molecule has 0 aromatic rings. The van der Waals surface area contributed by atoms with Crippen molar-refractivity contribution < 1.29 is 32.9 Å². The third-order valence-electron chi connectivity index (χ3n) is 9.83. The Morgan fingerprint density at radius 3 is 1.50 bits per heavy atom. The molecule has 54 heavy (non-hydrogen) atoms. The van der Waals surface area contributed by atoms with Crippen LogP contribution >= 0.6 is 7.82 Å². The van der Waals surface area contributed by atoms with Crippen molar-refractivity contribution in [1.82, 2.24) is 5.32 Å². The second-order valence-electron chi connectivity index (χ2n) is 16.4. The summed E-state index contributed by atoms with van der Waals surface area (Å²) in [5, 5.41) is 13.7. The molecule has 0 aromatic heterocycles. The minimum absolute atomic E-state index is 0.00807. The molecule has 1 amide bonds. The van der Waals surface area contributed by atoms with Gasteiger partial charge >= 0.3 is 0 Å². The van der Waals surface area contributed by atoms with Crippen LogP contribution in [0.1, 0.15) is 194 Å². The normalized spacial score (nSPS) is 14.7. The molecule has 0 radical (unpaired) electrons. The topological polar surface area (TPSA) is 108 Å². The number of allylic oxidation sites excluding steroid dienone is 5. The highest BCUT2D eigenvalue weighted by atomic mass is 31.2. The fourth-order valence-electron chi connectivity index (χ4n) is 6.24. The molecule has 0 aliphatic heterocycles. The zero-order valence-corrected chi connectivity index (χ0v) is 36.8. The van der Waals surface area contributed by atoms with Gasteiger partial charge in [0, 0.05) is 6.42 Å². The number of phosphoric ester groups is 1. The van der Waals surface area contributed by atoms with Crippen LogP contribution in [0.4, 0.5) is 0 Å². The predicted octanol–water partition coefficient (Wildman–Crippen LogP) is 11.7. The number of hydrogen-bond donors (Lipinski definition) is 2. The van der Waals surface area contributed by atoms with Gasteiger partial charge in [-0.1, -0.05) is 179 Å². The summed E-state index contributed by atoms with van der Waals surface area (Å²) in [5.74, 6) is -0.213. The number of quaternary nitrogens is 1. The Morgan fingerprint density at radius 2 is 1.04 bits per heavy atom. The van der Waals surface area contributed by atoms with Gasteiger partial charge in [-0.25, -0.2) is 0 Å². The van der Waals surface area contributed by atoms with Crippen molar-refractivity contribution in [2.75, 3.05) is 40.9 Å². The van der Waals surface area contributed by atoms with Crippen molar-refractivity contribution in [1.29, 1.82) is 0 Å². The second-order valence-corrected chi connectivity index (χ2v) is 17.8. The van der Waals surface area contributed by atoms with Crippen LogP contribution in [0.3, 0.4) is 0 Å². The van der Waals surface area contributed by atoms with Crippen LogP contribution in [0, 0.1) is 0 Å². The third-order valence-corrected chi connectivity index (χ3v) is 10.8. The van der Waals surface area contributed by atoms with E-state index in [0.717, 1.165) is 44.9 Å². The summed E-state index contributed by atoms with van der Waals surface area (Å²) in [7, 11) is 1.24. The van der Waals surface area contributed by atoms with E-state index >= 15 is 0 Å². The minimum Gasteiger partial charge on any atom is -0.756 e. The Labute approximate surface area is 334 Å². The maximum absolute atomic E-state index is 12.8. The number of likely N-dealkylation sites (N-methyl/N-ethyl adjacent to an activating group) is 1. The zero-order valence-electron chi connectivity index (χ0n) is 35.9. The van der Waals surface area contributed by atoms with E-state index in [0.29, 0.717) is 17.4 Å². The molecule has 8 nitrogen and oxygen atoms in total. The van der Waals surface area contributed by atoms with E-state index in [-0.39, 0.29) is 12.5 Å². The van der Waals surface area contributed by atoms with E-state index in [1.54, 1.807) is 6.08 Å². The van der Waals surface area contributed by atoms with Crippen molar-refractivity contribution in [3.8, 4) is 0 Å². The number of nitrogens with zero attached hydrogens (tertiary/aromatic N) is 1. The lowest BCUT2D eigenvalue weighted by Crippen LogP contribution is -2.45. The average molecular weight is 783 g/mol. The standard InChI is InChI=1S/C45H87N2O6P/c1-6-8-10-12-14-16-18-19-20-21-22-23-24-25-26-27-29-30-32-34-36-38-44(48)43(42-53-54(50,51)52-41-40-47(3,4)5)46-45(49)39-37-35-33-31-28-17-15-13-11-9-7-2/h24-25,29-30,36,38,43-44,48H,6-23,26-28,31-35,37,39-42H2,1-5H3,(H-,46,49,50,51)/b25-24+,30-29+,38-36+. The van der Waals surface area contributed by atoms with Gasteiger partial charge < -0.3 is 28.8 Å². The second kappa shape index (κ2) is 37.3. The lowest BCUT2D eigenvalue weighted by molar-refractivity contribution is -0.870. The molecule has 318 valence electrons. The molecule has 3 atom stereocenters. The molecule has 2 N–H and O–H groups in total. The number of amides is 1. The number of hydrogen-bond acceptors (Lipinski definition) is 6. The number of unbranched alkanes of at least 4 members (excludes halogenated alkanes) is 23. The summed E-state index contributed by atoms with van der Waals surface area (Å²) in [6.45, 7) is 4.60. The van der Waals surface area contributed by atoms with Crippen LogP contribution < -0.4 is 10.2 Å². The van der Waals surface area contributed by atoms with Gasteiger partial charge in [0.05, 0.1) is 39.9 Å². The molecule has 0 aliphatic rings. The lowest BCUT2D eigenvalue weighted by atomic mass is 10.0.